The van der Waals surface area contributed by atoms with Gasteiger partial charge in [0, 0.05) is 21.2 Å². The maximum Gasteiger partial charge on any atom is 0.275 e. The molecule has 1 heterocycles. The van der Waals surface area contributed by atoms with Crippen molar-refractivity contribution in [1.29, 1.82) is 0 Å². The molecule has 0 saturated carbocycles. The monoisotopic (exact) mass is 387 g/mol. The Morgan fingerprint density at radius 3 is 2.70 bits per heavy atom. The standard InChI is InChI=1S/C17H14BrN3OS/c1-11-9-12(18)7-8-14(11)20-16(22)15-10-23-17(21-15)19-13-5-3-2-4-6-13/h2-10H,1H3,(H,19,21)(H,20,22). The molecule has 4 nitrogen and oxygen atoms in total. The molecular weight excluding hydrogens is 374 g/mol. The summed E-state index contributed by atoms with van der Waals surface area (Å²) in [5, 5.41) is 8.50. The molecule has 0 unspecified atom stereocenters. The number of benzene rings is 2. The van der Waals surface area contributed by atoms with Crippen LogP contribution in [0.5, 0.6) is 0 Å². The van der Waals surface area contributed by atoms with Gasteiger partial charge < -0.3 is 10.6 Å². The van der Waals surface area contributed by atoms with E-state index in [4.69, 9.17) is 0 Å². The van der Waals surface area contributed by atoms with E-state index in [1.54, 1.807) is 5.38 Å². The maximum atomic E-state index is 12.3. The van der Waals surface area contributed by atoms with Crippen LogP contribution in [0.25, 0.3) is 0 Å². The number of nitrogens with one attached hydrogen (secondary N) is 2. The highest BCUT2D eigenvalue weighted by Gasteiger charge is 2.12. The Balaban J connectivity index is 1.71. The van der Waals surface area contributed by atoms with E-state index in [-0.39, 0.29) is 5.91 Å². The maximum absolute atomic E-state index is 12.3. The van der Waals surface area contributed by atoms with Crippen molar-refractivity contribution >= 4 is 49.7 Å². The lowest BCUT2D eigenvalue weighted by Crippen LogP contribution is -2.13. The van der Waals surface area contributed by atoms with Gasteiger partial charge in [0.2, 0.25) is 0 Å². The number of aromatic nitrogens is 1. The topological polar surface area (TPSA) is 54.0 Å². The Labute approximate surface area is 146 Å². The van der Waals surface area contributed by atoms with Gasteiger partial charge in [-0.2, -0.15) is 0 Å². The van der Waals surface area contributed by atoms with Crippen LogP contribution < -0.4 is 10.6 Å². The summed E-state index contributed by atoms with van der Waals surface area (Å²) in [6.07, 6.45) is 0. The predicted octanol–water partition coefficient (Wildman–Crippen LogP) is 5.21. The fourth-order valence-electron chi connectivity index (χ4n) is 2.03. The van der Waals surface area contributed by atoms with Gasteiger partial charge in [0.1, 0.15) is 5.69 Å². The minimum absolute atomic E-state index is 0.215. The molecule has 1 aromatic heterocycles. The van der Waals surface area contributed by atoms with Crippen molar-refractivity contribution in [2.45, 2.75) is 6.92 Å². The molecular formula is C17H14BrN3OS. The van der Waals surface area contributed by atoms with E-state index in [2.05, 4.69) is 31.5 Å². The van der Waals surface area contributed by atoms with Gasteiger partial charge in [0.05, 0.1) is 0 Å². The van der Waals surface area contributed by atoms with E-state index in [9.17, 15) is 4.79 Å². The number of anilines is 3. The Bertz CT molecular complexity index is 833. The molecule has 1 amide bonds. The molecule has 0 bridgehead atoms. The molecule has 0 aliphatic heterocycles. The first kappa shape index (κ1) is 15.7. The minimum atomic E-state index is -0.215. The van der Waals surface area contributed by atoms with Crippen LogP contribution in [0.15, 0.2) is 58.4 Å². The van der Waals surface area contributed by atoms with E-state index < -0.39 is 0 Å². The number of para-hydroxylation sites is 1. The third-order valence-electron chi connectivity index (χ3n) is 3.20. The summed E-state index contributed by atoms with van der Waals surface area (Å²) in [6, 6.07) is 15.5. The highest BCUT2D eigenvalue weighted by Crippen LogP contribution is 2.23. The summed E-state index contributed by atoms with van der Waals surface area (Å²) in [5.74, 6) is -0.215. The number of thiazole rings is 1. The van der Waals surface area contributed by atoms with Crippen LogP contribution in [0.1, 0.15) is 16.1 Å². The predicted molar refractivity (Wildman–Crippen MR) is 98.7 cm³/mol. The Kier molecular flexibility index (Phi) is 4.73. The highest BCUT2D eigenvalue weighted by atomic mass is 79.9. The average molecular weight is 388 g/mol. The smallest absolute Gasteiger partial charge is 0.275 e. The van der Waals surface area contributed by atoms with Gasteiger partial charge in [-0.15, -0.1) is 11.3 Å². The summed E-state index contributed by atoms with van der Waals surface area (Å²) in [7, 11) is 0. The first-order valence-electron chi connectivity index (χ1n) is 6.97. The SMILES string of the molecule is Cc1cc(Br)ccc1NC(=O)c1csc(Nc2ccccc2)n1. The zero-order valence-corrected chi connectivity index (χ0v) is 14.7. The molecule has 23 heavy (non-hydrogen) atoms. The number of hydrogen-bond donors (Lipinski definition) is 2. The van der Waals surface area contributed by atoms with Gasteiger partial charge in [-0.25, -0.2) is 4.98 Å². The van der Waals surface area contributed by atoms with Crippen molar-refractivity contribution in [3.8, 4) is 0 Å². The van der Waals surface area contributed by atoms with Crippen molar-refractivity contribution in [3.05, 3.63) is 69.6 Å². The Hall–Kier alpha value is -2.18. The number of rotatable bonds is 4. The lowest BCUT2D eigenvalue weighted by atomic mass is 10.2. The van der Waals surface area contributed by atoms with Crippen molar-refractivity contribution in [1.82, 2.24) is 4.98 Å². The van der Waals surface area contributed by atoms with Crippen LogP contribution in [0, 0.1) is 6.92 Å². The van der Waals surface area contributed by atoms with Gasteiger partial charge >= 0.3 is 0 Å². The molecule has 2 N–H and O–H groups in total. The molecule has 0 radical (unpaired) electrons. The van der Waals surface area contributed by atoms with Crippen molar-refractivity contribution in [2.24, 2.45) is 0 Å². The molecule has 0 spiro atoms. The largest absolute Gasteiger partial charge is 0.332 e. The molecule has 0 saturated heterocycles. The summed E-state index contributed by atoms with van der Waals surface area (Å²) >= 11 is 4.81. The van der Waals surface area contributed by atoms with Gasteiger partial charge in [0.25, 0.3) is 5.91 Å². The molecule has 2 aromatic carbocycles. The highest BCUT2D eigenvalue weighted by molar-refractivity contribution is 9.10. The van der Waals surface area contributed by atoms with Crippen molar-refractivity contribution in [2.75, 3.05) is 10.6 Å². The normalized spacial score (nSPS) is 10.3. The molecule has 6 heteroatoms. The van der Waals surface area contributed by atoms with Gasteiger partial charge in [-0.3, -0.25) is 4.79 Å². The number of nitrogens with zero attached hydrogens (tertiary/aromatic N) is 1. The van der Waals surface area contributed by atoms with Crippen LogP contribution in [0.4, 0.5) is 16.5 Å². The molecule has 116 valence electrons. The zero-order valence-electron chi connectivity index (χ0n) is 12.3. The number of halogens is 1. The van der Waals surface area contributed by atoms with E-state index >= 15 is 0 Å². The lowest BCUT2D eigenvalue weighted by molar-refractivity contribution is 0.102. The number of carbonyl (C=O) groups excluding carboxylic acids is 1. The number of aryl methyl sites for hydroxylation is 1. The van der Waals surface area contributed by atoms with Crippen LogP contribution >= 0.6 is 27.3 Å². The number of amides is 1. The van der Waals surface area contributed by atoms with Crippen molar-refractivity contribution in [3.63, 3.8) is 0 Å². The van der Waals surface area contributed by atoms with E-state index in [0.717, 1.165) is 21.4 Å². The Morgan fingerprint density at radius 1 is 1.17 bits per heavy atom. The number of hydrogen-bond acceptors (Lipinski definition) is 4. The second-order valence-corrected chi connectivity index (χ2v) is 6.72. The Morgan fingerprint density at radius 2 is 1.96 bits per heavy atom. The van der Waals surface area contributed by atoms with Crippen LogP contribution in [-0.4, -0.2) is 10.9 Å². The molecule has 3 rings (SSSR count). The van der Waals surface area contributed by atoms with Gasteiger partial charge in [-0.1, -0.05) is 34.1 Å². The molecule has 0 fully saturated rings. The first-order chi connectivity index (χ1) is 11.1. The second kappa shape index (κ2) is 6.93. The summed E-state index contributed by atoms with van der Waals surface area (Å²) in [6.45, 7) is 1.95. The third-order valence-corrected chi connectivity index (χ3v) is 4.45. The minimum Gasteiger partial charge on any atom is -0.332 e. The zero-order chi connectivity index (χ0) is 16.2. The molecule has 0 aliphatic carbocycles. The lowest BCUT2D eigenvalue weighted by Gasteiger charge is -2.07. The first-order valence-corrected chi connectivity index (χ1v) is 8.64. The second-order valence-electron chi connectivity index (χ2n) is 4.94. The summed E-state index contributed by atoms with van der Waals surface area (Å²) in [4.78, 5) is 16.6. The summed E-state index contributed by atoms with van der Waals surface area (Å²) < 4.78 is 0.982. The quantitative estimate of drug-likeness (QED) is 0.645. The van der Waals surface area contributed by atoms with Crippen LogP contribution in [0.2, 0.25) is 0 Å². The average Bonchev–Trinajstić information content (AvgIpc) is 3.00. The fraction of sp³-hybridized carbons (Fsp3) is 0.0588. The van der Waals surface area contributed by atoms with E-state index in [1.165, 1.54) is 11.3 Å². The molecule has 0 aliphatic rings. The van der Waals surface area contributed by atoms with Crippen LogP contribution in [-0.2, 0) is 0 Å². The van der Waals surface area contributed by atoms with Crippen LogP contribution in [0.3, 0.4) is 0 Å². The third kappa shape index (κ3) is 3.97. The molecule has 3 aromatic rings. The van der Waals surface area contributed by atoms with E-state index in [1.807, 2.05) is 55.5 Å². The van der Waals surface area contributed by atoms with E-state index in [0.29, 0.717) is 10.8 Å². The van der Waals surface area contributed by atoms with Crippen molar-refractivity contribution < 1.29 is 4.79 Å². The van der Waals surface area contributed by atoms with Gasteiger partial charge in [-0.05, 0) is 42.8 Å². The van der Waals surface area contributed by atoms with Gasteiger partial charge in [0.15, 0.2) is 5.13 Å². The molecule has 0 atom stereocenters. The fourth-order valence-corrected chi connectivity index (χ4v) is 3.22. The number of carbonyl (C=O) groups is 1. The summed E-state index contributed by atoms with van der Waals surface area (Å²) in [5.41, 5.74) is 3.11.